The number of alkyl halides is 1. The number of halogens is 1. The van der Waals surface area contributed by atoms with Gasteiger partial charge in [-0.3, -0.25) is 15.0 Å². The van der Waals surface area contributed by atoms with Crippen LogP contribution in [0.5, 0.6) is 28.7 Å². The predicted octanol–water partition coefficient (Wildman–Crippen LogP) is 10.4. The highest BCUT2D eigenvalue weighted by Gasteiger charge is 2.65. The number of aliphatic hydroxyl groups excluding tert-OH is 2. The van der Waals surface area contributed by atoms with Crippen LogP contribution in [0.4, 0.5) is 10.5 Å². The van der Waals surface area contributed by atoms with Crippen LogP contribution in [0.15, 0.2) is 108 Å². The maximum atomic E-state index is 14.8. The summed E-state index contributed by atoms with van der Waals surface area (Å²) in [4.78, 5) is 33.6. The third kappa shape index (κ3) is 10.9. The van der Waals surface area contributed by atoms with Crippen molar-refractivity contribution in [3.05, 3.63) is 141 Å². The molecule has 2 aliphatic carbocycles. The molecule has 2 heterocycles. The van der Waals surface area contributed by atoms with Crippen LogP contribution in [0.1, 0.15) is 78.7 Å². The molecule has 0 saturated heterocycles. The van der Waals surface area contributed by atoms with Crippen molar-refractivity contribution in [3.63, 3.8) is 0 Å². The second-order valence-electron chi connectivity index (χ2n) is 17.9. The van der Waals surface area contributed by atoms with Crippen molar-refractivity contribution >= 4 is 29.1 Å². The molecule has 0 radical (unpaired) electrons. The number of ether oxygens (including phenoxy) is 6. The van der Waals surface area contributed by atoms with Gasteiger partial charge in [-0.1, -0.05) is 42.3 Å². The zero-order chi connectivity index (χ0) is 48.5. The summed E-state index contributed by atoms with van der Waals surface area (Å²) >= 11 is 6.15. The Balaban J connectivity index is 1.33. The van der Waals surface area contributed by atoms with E-state index in [0.29, 0.717) is 52.9 Å². The van der Waals surface area contributed by atoms with Gasteiger partial charge in [0.15, 0.2) is 11.5 Å². The first-order chi connectivity index (χ1) is 33.6. The molecule has 2 aliphatic heterocycles. The molecule has 6 unspecified atom stereocenters. The number of allylic oxidation sites excluding steroid dienone is 1. The largest absolute Gasteiger partial charge is 0.459 e. The minimum absolute atomic E-state index is 0.00650. The van der Waals surface area contributed by atoms with E-state index in [4.69, 9.17) is 50.0 Å². The maximum Gasteiger partial charge on any atom is 0.410 e. The van der Waals surface area contributed by atoms with E-state index in [9.17, 15) is 25.1 Å². The van der Waals surface area contributed by atoms with Crippen molar-refractivity contribution in [1.82, 2.24) is 4.90 Å². The number of rotatable bonds is 22. The van der Waals surface area contributed by atoms with Crippen molar-refractivity contribution in [2.75, 3.05) is 39.1 Å². The topological polar surface area (TPSA) is 181 Å². The lowest BCUT2D eigenvalue weighted by molar-refractivity contribution is -0.384. The summed E-state index contributed by atoms with van der Waals surface area (Å²) in [5, 5.41) is 36.4. The van der Waals surface area contributed by atoms with Crippen LogP contribution in [0.3, 0.4) is 0 Å². The number of non-ortho nitro benzene ring substituents is 1. The Morgan fingerprint density at radius 3 is 2.39 bits per heavy atom. The van der Waals surface area contributed by atoms with Gasteiger partial charge in [0, 0.05) is 49.8 Å². The van der Waals surface area contributed by atoms with Crippen LogP contribution in [0, 0.1) is 41.7 Å². The molecule has 4 aromatic rings. The molecular formula is C53H60ClN3O12. The van der Waals surface area contributed by atoms with Gasteiger partial charge < -0.3 is 43.5 Å². The standard InChI is InChI=1S/C53H60ClN3O12/c1-4-24-66-53-49(56(52(60)63-25-21-54)31-37-14-19-47-48(27-37)65-33-64-47)30-45(55-67-32-36-12-15-39(16-13-36)57(61)62)43-28-38(9-5-7-22-58)42(10-6-8-23-59)50(51(43)53)44-29-41(18-20-46(44)69-53)68-40-17-11-34(2)35(3)26-40/h4,11-20,26-29,38,42,49-51,58-59H,1,5-10,21-25,30-33H2,2-3H3. The van der Waals surface area contributed by atoms with Crippen molar-refractivity contribution in [2.24, 2.45) is 22.9 Å². The normalized spacial score (nSPS) is 22.4. The third-order valence-electron chi connectivity index (χ3n) is 13.6. The second kappa shape index (κ2) is 22.5. The molecule has 2 N–H and O–H groups in total. The number of carbonyl (C=O) groups excluding carboxylic acids is 1. The Morgan fingerprint density at radius 1 is 0.928 bits per heavy atom. The molecule has 1 fully saturated rings. The lowest BCUT2D eigenvalue weighted by Gasteiger charge is -2.59. The molecule has 8 rings (SSSR count). The maximum absolute atomic E-state index is 14.8. The van der Waals surface area contributed by atoms with Crippen LogP contribution in [0.25, 0.3) is 0 Å². The summed E-state index contributed by atoms with van der Waals surface area (Å²) in [6.45, 7) is 8.37. The van der Waals surface area contributed by atoms with Crippen LogP contribution in [-0.2, 0) is 27.5 Å². The fraction of sp³-hybridized carbons (Fsp3) is 0.434. The van der Waals surface area contributed by atoms with Crippen molar-refractivity contribution in [3.8, 4) is 28.7 Å². The molecule has 4 aliphatic rings. The highest BCUT2D eigenvalue weighted by molar-refractivity contribution is 6.18. The Bertz CT molecular complexity index is 2530. The number of unbranched alkanes of at least 4 members (excludes halogenated alkanes) is 2. The zero-order valence-electron chi connectivity index (χ0n) is 39.1. The number of hydrogen-bond acceptors (Lipinski definition) is 13. The Hall–Kier alpha value is -6.13. The minimum atomic E-state index is -1.58. The van der Waals surface area contributed by atoms with Crippen LogP contribution in [0.2, 0.25) is 0 Å². The first kappa shape index (κ1) is 49.3. The number of nitro benzene ring substituents is 1. The molecule has 0 spiro atoms. The second-order valence-corrected chi connectivity index (χ2v) is 18.3. The highest BCUT2D eigenvalue weighted by Crippen LogP contribution is 2.62. The molecule has 6 atom stereocenters. The first-order valence-corrected chi connectivity index (χ1v) is 24.2. The van der Waals surface area contributed by atoms with E-state index in [0.717, 1.165) is 53.5 Å². The van der Waals surface area contributed by atoms with Gasteiger partial charge in [0.2, 0.25) is 12.6 Å². The number of carbonyl (C=O) groups is 1. The molecule has 15 nitrogen and oxygen atoms in total. The van der Waals surface area contributed by atoms with E-state index in [2.05, 4.69) is 19.6 Å². The number of nitro groups is 1. The van der Waals surface area contributed by atoms with Crippen LogP contribution < -0.4 is 18.9 Å². The highest BCUT2D eigenvalue weighted by atomic mass is 35.5. The van der Waals surface area contributed by atoms with Crippen LogP contribution >= 0.6 is 11.6 Å². The van der Waals surface area contributed by atoms with E-state index < -0.39 is 28.8 Å². The van der Waals surface area contributed by atoms with Crippen molar-refractivity contribution in [2.45, 2.75) is 89.7 Å². The lowest BCUT2D eigenvalue weighted by Crippen LogP contribution is -2.70. The number of oxime groups is 1. The van der Waals surface area contributed by atoms with Crippen molar-refractivity contribution in [1.29, 1.82) is 0 Å². The predicted molar refractivity (Wildman–Crippen MR) is 259 cm³/mol. The minimum Gasteiger partial charge on any atom is -0.459 e. The summed E-state index contributed by atoms with van der Waals surface area (Å²) in [7, 11) is 0. The van der Waals surface area contributed by atoms with Crippen molar-refractivity contribution < 1.29 is 53.2 Å². The molecule has 1 amide bonds. The molecule has 366 valence electrons. The number of benzene rings is 4. The number of nitrogens with zero attached hydrogens (tertiary/aromatic N) is 3. The third-order valence-corrected chi connectivity index (χ3v) is 13.8. The fourth-order valence-electron chi connectivity index (χ4n) is 10.3. The smallest absolute Gasteiger partial charge is 0.410 e. The van der Waals surface area contributed by atoms with E-state index in [1.165, 1.54) is 12.1 Å². The molecule has 0 aromatic heterocycles. The van der Waals surface area contributed by atoms with Gasteiger partial charge in [0.25, 0.3) is 5.69 Å². The summed E-state index contributed by atoms with van der Waals surface area (Å²) in [5.41, 5.74) is 5.89. The summed E-state index contributed by atoms with van der Waals surface area (Å²) in [5.74, 6) is 0.490. The summed E-state index contributed by atoms with van der Waals surface area (Å²) < 4.78 is 38.4. The summed E-state index contributed by atoms with van der Waals surface area (Å²) in [6.07, 6.45) is 7.58. The number of aliphatic hydroxyl groups is 2. The van der Waals surface area contributed by atoms with E-state index in [1.807, 2.05) is 55.5 Å². The van der Waals surface area contributed by atoms with Gasteiger partial charge >= 0.3 is 6.09 Å². The van der Waals surface area contributed by atoms with E-state index in [1.54, 1.807) is 29.2 Å². The quantitative estimate of drug-likeness (QED) is 0.0250. The van der Waals surface area contributed by atoms with Crippen LogP contribution in [-0.4, -0.2) is 82.8 Å². The zero-order valence-corrected chi connectivity index (χ0v) is 39.8. The molecule has 69 heavy (non-hydrogen) atoms. The number of fused-ring (bicyclic) bond motifs is 3. The van der Waals surface area contributed by atoms with E-state index >= 15 is 0 Å². The molecular weight excluding hydrogens is 906 g/mol. The fourth-order valence-corrected chi connectivity index (χ4v) is 10.3. The SMILES string of the molecule is C=CCOC12Oc3ccc(Oc4ccc(C)c(C)c4)cc3C3C(CCCCO)C(CCCCO)C=C(C(=NOCc4ccc([N+](=O)[O-])cc4)CC1N(Cc1ccc4c(c1)OCO4)C(=O)OCCCl)C32. The first-order valence-electron chi connectivity index (χ1n) is 23.6. The van der Waals surface area contributed by atoms with Gasteiger partial charge in [0.05, 0.1) is 29.0 Å². The average Bonchev–Trinajstić information content (AvgIpc) is 3.83. The molecule has 16 heteroatoms. The van der Waals surface area contributed by atoms with Gasteiger partial charge in [-0.25, -0.2) is 4.79 Å². The number of hydrogen-bond donors (Lipinski definition) is 2. The lowest BCUT2D eigenvalue weighted by atomic mass is 9.55. The Morgan fingerprint density at radius 2 is 1.65 bits per heavy atom. The van der Waals surface area contributed by atoms with Gasteiger partial charge in [-0.15, -0.1) is 18.2 Å². The van der Waals surface area contributed by atoms with Gasteiger partial charge in [-0.05, 0) is 134 Å². The molecule has 1 saturated carbocycles. The monoisotopic (exact) mass is 965 g/mol. The van der Waals surface area contributed by atoms with Gasteiger partial charge in [-0.2, -0.15) is 0 Å². The number of aryl methyl sites for hydroxylation is 2. The Labute approximate surface area is 407 Å². The summed E-state index contributed by atoms with van der Waals surface area (Å²) in [6, 6.07) is 22.5. The Kier molecular flexibility index (Phi) is 16.1. The molecule has 0 bridgehead atoms. The van der Waals surface area contributed by atoms with Gasteiger partial charge in [0.1, 0.15) is 36.5 Å². The average molecular weight is 967 g/mol. The molecule has 4 aromatic carbocycles. The number of amides is 1. The van der Waals surface area contributed by atoms with E-state index in [-0.39, 0.29) is 82.1 Å².